The number of aromatic nitrogens is 5. The first-order valence-corrected chi connectivity index (χ1v) is 11.8. The van der Waals surface area contributed by atoms with E-state index in [1.165, 1.54) is 32.6 Å². The number of rotatable bonds is 4. The molecule has 1 amide bonds. The van der Waals surface area contributed by atoms with Gasteiger partial charge >= 0.3 is 0 Å². The average molecular weight is 501 g/mol. The number of halogens is 1. The maximum atomic E-state index is 15.0. The van der Waals surface area contributed by atoms with Crippen LogP contribution >= 0.6 is 0 Å². The molecule has 0 saturated carbocycles. The van der Waals surface area contributed by atoms with Crippen LogP contribution in [0.3, 0.4) is 0 Å². The maximum Gasteiger partial charge on any atom is 0.254 e. The van der Waals surface area contributed by atoms with Gasteiger partial charge in [0.05, 0.1) is 23.2 Å². The fraction of sp³-hybridized carbons (Fsp3) is 0.308. The van der Waals surface area contributed by atoms with E-state index in [2.05, 4.69) is 26.0 Å². The Labute approximate surface area is 212 Å². The van der Waals surface area contributed by atoms with Crippen molar-refractivity contribution in [3.8, 4) is 23.0 Å². The summed E-state index contributed by atoms with van der Waals surface area (Å²) in [6.45, 7) is 6.19. The van der Waals surface area contributed by atoms with Crippen molar-refractivity contribution in [2.45, 2.75) is 32.4 Å². The summed E-state index contributed by atoms with van der Waals surface area (Å²) in [7, 11) is 0. The van der Waals surface area contributed by atoms with Crippen LogP contribution in [0.2, 0.25) is 0 Å². The molecule has 10 nitrogen and oxygen atoms in total. The molecule has 1 N–H and O–H groups in total. The standard InChI is InChI=1S/C26H25FN8O2/c1-16-13-33(8-9-34(16)25(36)26(2,3)37)23-22-19(18-5-6-29-12-20(18)27)14-35(24(22)32-15-31-23)21-10-17(11-28)4-7-30-21/h4-7,10,12,14-16,37H,8-9,13H2,1-3H3. The highest BCUT2D eigenvalue weighted by Gasteiger charge is 2.36. The Morgan fingerprint density at radius 2 is 2.00 bits per heavy atom. The predicted molar refractivity (Wildman–Crippen MR) is 134 cm³/mol. The number of nitriles is 1. The number of hydrogen-bond acceptors (Lipinski definition) is 8. The van der Waals surface area contributed by atoms with Gasteiger partial charge in [-0.2, -0.15) is 5.26 Å². The van der Waals surface area contributed by atoms with Gasteiger partial charge in [0.1, 0.15) is 29.4 Å². The Bertz CT molecular complexity index is 1540. The molecule has 188 valence electrons. The molecule has 0 aliphatic carbocycles. The van der Waals surface area contributed by atoms with Crippen LogP contribution in [-0.2, 0) is 4.79 Å². The molecule has 5 rings (SSSR count). The minimum Gasteiger partial charge on any atom is -0.381 e. The number of aliphatic hydroxyl groups is 1. The zero-order valence-electron chi connectivity index (χ0n) is 20.6. The van der Waals surface area contributed by atoms with Gasteiger partial charge < -0.3 is 14.9 Å². The number of anilines is 1. The molecule has 4 aromatic heterocycles. The highest BCUT2D eigenvalue weighted by Crippen LogP contribution is 2.38. The number of piperazine rings is 1. The summed E-state index contributed by atoms with van der Waals surface area (Å²) in [6.07, 6.45) is 7.38. The third-order valence-electron chi connectivity index (χ3n) is 6.46. The molecule has 11 heteroatoms. The van der Waals surface area contributed by atoms with E-state index < -0.39 is 11.4 Å². The third-order valence-corrected chi connectivity index (χ3v) is 6.46. The van der Waals surface area contributed by atoms with Crippen LogP contribution in [0.15, 0.2) is 49.3 Å². The topological polar surface area (TPSA) is 124 Å². The summed E-state index contributed by atoms with van der Waals surface area (Å²) in [5.74, 6) is 0.225. The highest BCUT2D eigenvalue weighted by molar-refractivity contribution is 6.02. The minimum atomic E-state index is -1.47. The largest absolute Gasteiger partial charge is 0.381 e. The summed E-state index contributed by atoms with van der Waals surface area (Å²) < 4.78 is 16.7. The van der Waals surface area contributed by atoms with Crippen molar-refractivity contribution >= 4 is 22.8 Å². The number of nitrogens with zero attached hydrogens (tertiary/aromatic N) is 8. The molecule has 5 heterocycles. The van der Waals surface area contributed by atoms with Gasteiger partial charge in [-0.05, 0) is 39.0 Å². The van der Waals surface area contributed by atoms with E-state index in [4.69, 9.17) is 0 Å². The lowest BCUT2D eigenvalue weighted by Crippen LogP contribution is -2.58. The van der Waals surface area contributed by atoms with E-state index in [0.717, 1.165) is 6.20 Å². The Morgan fingerprint density at radius 3 is 2.70 bits per heavy atom. The molecule has 37 heavy (non-hydrogen) atoms. The molecule has 1 aliphatic heterocycles. The van der Waals surface area contributed by atoms with Crippen LogP contribution in [0.5, 0.6) is 0 Å². The molecule has 1 atom stereocenters. The van der Waals surface area contributed by atoms with Gasteiger partial charge in [0, 0.05) is 55.4 Å². The number of hydrogen-bond donors (Lipinski definition) is 1. The lowest BCUT2D eigenvalue weighted by molar-refractivity contribution is -0.150. The van der Waals surface area contributed by atoms with Crippen molar-refractivity contribution < 1.29 is 14.3 Å². The molecule has 1 unspecified atom stereocenters. The van der Waals surface area contributed by atoms with Gasteiger partial charge in [0.15, 0.2) is 5.65 Å². The maximum absolute atomic E-state index is 15.0. The van der Waals surface area contributed by atoms with E-state index in [1.807, 2.05) is 11.8 Å². The molecular weight excluding hydrogens is 475 g/mol. The van der Waals surface area contributed by atoms with Crippen molar-refractivity contribution in [2.24, 2.45) is 0 Å². The monoisotopic (exact) mass is 500 g/mol. The van der Waals surface area contributed by atoms with Gasteiger partial charge in [-0.3, -0.25) is 14.3 Å². The fourth-order valence-electron chi connectivity index (χ4n) is 4.68. The van der Waals surface area contributed by atoms with Crippen LogP contribution in [-0.4, -0.2) is 71.7 Å². The Kier molecular flexibility index (Phi) is 6.05. The van der Waals surface area contributed by atoms with Crippen LogP contribution in [0.25, 0.3) is 28.0 Å². The molecular formula is C26H25FN8O2. The van der Waals surface area contributed by atoms with Gasteiger partial charge in [0.25, 0.3) is 5.91 Å². The van der Waals surface area contributed by atoms with Crippen LogP contribution in [0.1, 0.15) is 26.3 Å². The van der Waals surface area contributed by atoms with Crippen molar-refractivity contribution in [3.63, 3.8) is 0 Å². The molecule has 1 saturated heterocycles. The molecule has 0 bridgehead atoms. The van der Waals surface area contributed by atoms with Gasteiger partial charge in [-0.15, -0.1) is 0 Å². The number of carbonyl (C=O) groups excluding carboxylic acids is 1. The van der Waals surface area contributed by atoms with Gasteiger partial charge in [-0.25, -0.2) is 19.3 Å². The normalized spacial score (nSPS) is 16.2. The average Bonchev–Trinajstić information content (AvgIpc) is 3.28. The molecule has 0 radical (unpaired) electrons. The SMILES string of the molecule is CC1CN(c2ncnc3c2c(-c2ccncc2F)cn3-c2cc(C#N)ccn2)CCN1C(=O)C(C)(C)O. The van der Waals surface area contributed by atoms with E-state index in [1.54, 1.807) is 33.9 Å². The number of amides is 1. The lowest BCUT2D eigenvalue weighted by atomic mass is 10.0. The van der Waals surface area contributed by atoms with E-state index in [0.29, 0.717) is 59.0 Å². The van der Waals surface area contributed by atoms with Crippen molar-refractivity contribution in [1.29, 1.82) is 5.26 Å². The first kappa shape index (κ1) is 24.3. The zero-order chi connectivity index (χ0) is 26.3. The second-order valence-corrected chi connectivity index (χ2v) is 9.53. The second-order valence-electron chi connectivity index (χ2n) is 9.53. The van der Waals surface area contributed by atoms with E-state index >= 15 is 0 Å². The van der Waals surface area contributed by atoms with Crippen molar-refractivity contribution in [1.82, 2.24) is 29.4 Å². The summed E-state index contributed by atoms with van der Waals surface area (Å²) in [5, 5.41) is 20.2. The van der Waals surface area contributed by atoms with E-state index in [9.17, 15) is 19.6 Å². The predicted octanol–water partition coefficient (Wildman–Crippen LogP) is 2.70. The van der Waals surface area contributed by atoms with Crippen molar-refractivity contribution in [3.05, 3.63) is 60.7 Å². The number of pyridine rings is 2. The summed E-state index contributed by atoms with van der Waals surface area (Å²) >= 11 is 0. The quantitative estimate of drug-likeness (QED) is 0.454. The molecule has 1 aliphatic rings. The van der Waals surface area contributed by atoms with E-state index in [-0.39, 0.29) is 11.9 Å². The Morgan fingerprint density at radius 1 is 1.19 bits per heavy atom. The number of carbonyl (C=O) groups is 1. The highest BCUT2D eigenvalue weighted by atomic mass is 19.1. The third kappa shape index (κ3) is 4.36. The summed E-state index contributed by atoms with van der Waals surface area (Å²) in [6, 6.07) is 6.74. The molecule has 0 aromatic carbocycles. The first-order chi connectivity index (χ1) is 17.7. The Hall–Kier alpha value is -4.43. The first-order valence-electron chi connectivity index (χ1n) is 11.8. The second kappa shape index (κ2) is 9.22. The summed E-state index contributed by atoms with van der Waals surface area (Å²) in [4.78, 5) is 33.8. The smallest absolute Gasteiger partial charge is 0.254 e. The van der Waals surface area contributed by atoms with Crippen LogP contribution in [0.4, 0.5) is 10.2 Å². The van der Waals surface area contributed by atoms with Crippen LogP contribution in [0, 0.1) is 17.1 Å². The minimum absolute atomic E-state index is 0.199. The molecule has 1 fully saturated rings. The fourth-order valence-corrected chi connectivity index (χ4v) is 4.68. The van der Waals surface area contributed by atoms with Crippen molar-refractivity contribution in [2.75, 3.05) is 24.5 Å². The molecule has 0 spiro atoms. The lowest BCUT2D eigenvalue weighted by Gasteiger charge is -2.42. The molecule has 4 aromatic rings. The van der Waals surface area contributed by atoms with Crippen LogP contribution < -0.4 is 4.90 Å². The Balaban J connectivity index is 1.65. The number of fused-ring (bicyclic) bond motifs is 1. The summed E-state index contributed by atoms with van der Waals surface area (Å²) in [5.41, 5.74) is 0.348. The van der Waals surface area contributed by atoms with Gasteiger partial charge in [-0.1, -0.05) is 0 Å². The van der Waals surface area contributed by atoms with Gasteiger partial charge in [0.2, 0.25) is 0 Å². The zero-order valence-corrected chi connectivity index (χ0v) is 20.6.